The molecule has 0 fully saturated rings. The van der Waals surface area contributed by atoms with E-state index in [1.54, 1.807) is 37.0 Å². The van der Waals surface area contributed by atoms with Crippen LogP contribution in [0.3, 0.4) is 0 Å². The van der Waals surface area contributed by atoms with Crippen LogP contribution in [0.2, 0.25) is 0 Å². The number of H-pyrrole nitrogens is 1. The molecular formula is C18H20N4O5. The van der Waals surface area contributed by atoms with Gasteiger partial charge in [0.25, 0.3) is 5.56 Å². The van der Waals surface area contributed by atoms with Gasteiger partial charge in [-0.15, -0.1) is 6.58 Å². The van der Waals surface area contributed by atoms with E-state index in [0.29, 0.717) is 18.0 Å². The van der Waals surface area contributed by atoms with Crippen molar-refractivity contribution in [3.05, 3.63) is 63.6 Å². The van der Waals surface area contributed by atoms with E-state index >= 15 is 0 Å². The van der Waals surface area contributed by atoms with Gasteiger partial charge >= 0.3 is 5.69 Å². The highest BCUT2D eigenvalue weighted by atomic mass is 16.5. The minimum atomic E-state index is -0.580. The monoisotopic (exact) mass is 372 g/mol. The summed E-state index contributed by atoms with van der Waals surface area (Å²) in [5.41, 5.74) is 0.261. The molecule has 2 heterocycles. The number of benzene rings is 1. The molecule has 9 heteroatoms. The van der Waals surface area contributed by atoms with Crippen molar-refractivity contribution in [1.82, 2.24) is 19.1 Å². The van der Waals surface area contributed by atoms with Gasteiger partial charge < -0.3 is 18.8 Å². The second-order valence-corrected chi connectivity index (χ2v) is 5.70. The number of ether oxygens (including phenoxy) is 3. The summed E-state index contributed by atoms with van der Waals surface area (Å²) in [5, 5.41) is 0. The van der Waals surface area contributed by atoms with Crippen LogP contribution >= 0.6 is 0 Å². The van der Waals surface area contributed by atoms with Gasteiger partial charge in [-0.3, -0.25) is 14.3 Å². The quantitative estimate of drug-likeness (QED) is 0.470. The van der Waals surface area contributed by atoms with Gasteiger partial charge in [0, 0.05) is 11.6 Å². The summed E-state index contributed by atoms with van der Waals surface area (Å²) in [6.07, 6.45) is 3.08. The lowest BCUT2D eigenvalue weighted by Crippen LogP contribution is -2.31. The van der Waals surface area contributed by atoms with Crippen molar-refractivity contribution in [2.24, 2.45) is 0 Å². The van der Waals surface area contributed by atoms with E-state index < -0.39 is 11.2 Å². The maximum atomic E-state index is 12.4. The third-order valence-electron chi connectivity index (χ3n) is 4.05. The minimum absolute atomic E-state index is 0.0407. The van der Waals surface area contributed by atoms with Crippen LogP contribution in [-0.4, -0.2) is 39.9 Å². The maximum Gasteiger partial charge on any atom is 0.332 e. The molecule has 9 nitrogen and oxygen atoms in total. The molecule has 0 bridgehead atoms. The van der Waals surface area contributed by atoms with Crippen LogP contribution in [0.15, 0.2) is 46.8 Å². The molecule has 2 aromatic heterocycles. The Balaban J connectivity index is 2.04. The molecule has 142 valence electrons. The SMILES string of the molecule is C=CCOCn1c(=O)[nH]c(=O)c2c1ncn2Cc1ccc(OC)cc1OC. The molecule has 1 N–H and O–H groups in total. The van der Waals surface area contributed by atoms with Gasteiger partial charge in [0.2, 0.25) is 0 Å². The lowest BCUT2D eigenvalue weighted by atomic mass is 10.2. The number of rotatable bonds is 8. The Morgan fingerprint density at radius 1 is 1.26 bits per heavy atom. The molecule has 3 aromatic rings. The number of fused-ring (bicyclic) bond motifs is 1. The average Bonchev–Trinajstić information content (AvgIpc) is 3.08. The largest absolute Gasteiger partial charge is 0.497 e. The summed E-state index contributed by atoms with van der Waals surface area (Å²) in [6.45, 7) is 4.13. The number of hydrogen-bond acceptors (Lipinski definition) is 6. The van der Waals surface area contributed by atoms with E-state index in [1.807, 2.05) is 6.07 Å². The van der Waals surface area contributed by atoms with Gasteiger partial charge in [0.15, 0.2) is 11.2 Å². The second-order valence-electron chi connectivity index (χ2n) is 5.70. The Hall–Kier alpha value is -3.33. The van der Waals surface area contributed by atoms with Crippen LogP contribution in [0.1, 0.15) is 5.56 Å². The summed E-state index contributed by atoms with van der Waals surface area (Å²) >= 11 is 0. The van der Waals surface area contributed by atoms with Crippen molar-refractivity contribution in [2.45, 2.75) is 13.3 Å². The second kappa shape index (κ2) is 7.92. The van der Waals surface area contributed by atoms with Gasteiger partial charge in [0.05, 0.1) is 33.7 Å². The van der Waals surface area contributed by atoms with Crippen LogP contribution in [0.25, 0.3) is 11.2 Å². The molecule has 3 rings (SSSR count). The third-order valence-corrected chi connectivity index (χ3v) is 4.05. The van der Waals surface area contributed by atoms with E-state index in [2.05, 4.69) is 16.5 Å². The Kier molecular flexibility index (Phi) is 5.41. The molecule has 0 radical (unpaired) electrons. The van der Waals surface area contributed by atoms with E-state index in [-0.39, 0.29) is 24.5 Å². The Morgan fingerprint density at radius 3 is 2.78 bits per heavy atom. The van der Waals surface area contributed by atoms with Crippen LogP contribution < -0.4 is 20.7 Å². The van der Waals surface area contributed by atoms with Crippen molar-refractivity contribution in [3.63, 3.8) is 0 Å². The fraction of sp³-hybridized carbons (Fsp3) is 0.278. The number of imidazole rings is 1. The van der Waals surface area contributed by atoms with E-state index in [1.165, 1.54) is 10.9 Å². The van der Waals surface area contributed by atoms with Crippen LogP contribution in [0, 0.1) is 0 Å². The molecule has 0 atom stereocenters. The Labute approximate surface area is 154 Å². The van der Waals surface area contributed by atoms with Crippen molar-refractivity contribution in [1.29, 1.82) is 0 Å². The van der Waals surface area contributed by atoms with Gasteiger partial charge in [-0.05, 0) is 12.1 Å². The first-order valence-electron chi connectivity index (χ1n) is 8.16. The van der Waals surface area contributed by atoms with Crippen LogP contribution in [-0.2, 0) is 18.0 Å². The molecule has 0 saturated heterocycles. The maximum absolute atomic E-state index is 12.4. The highest BCUT2D eigenvalue weighted by molar-refractivity contribution is 5.70. The number of nitrogens with zero attached hydrogens (tertiary/aromatic N) is 3. The first-order chi connectivity index (χ1) is 13.1. The Bertz CT molecular complexity index is 1080. The van der Waals surface area contributed by atoms with Crippen molar-refractivity contribution in [3.8, 4) is 11.5 Å². The first kappa shape index (κ1) is 18.5. The van der Waals surface area contributed by atoms with Crippen LogP contribution in [0.5, 0.6) is 11.5 Å². The number of aromatic nitrogens is 4. The summed E-state index contributed by atoms with van der Waals surface area (Å²) in [5.74, 6) is 1.28. The van der Waals surface area contributed by atoms with Crippen molar-refractivity contribution >= 4 is 11.2 Å². The van der Waals surface area contributed by atoms with Gasteiger partial charge in [-0.2, -0.15) is 0 Å². The predicted molar refractivity (Wildman–Crippen MR) is 99.4 cm³/mol. The van der Waals surface area contributed by atoms with E-state index in [9.17, 15) is 9.59 Å². The molecular weight excluding hydrogens is 352 g/mol. The fourth-order valence-electron chi connectivity index (χ4n) is 2.75. The van der Waals surface area contributed by atoms with Gasteiger partial charge in [0.1, 0.15) is 18.2 Å². The standard InChI is InChI=1S/C18H20N4O5/c1-4-7-27-11-22-16-15(17(23)20-18(22)24)21(10-19-16)9-12-5-6-13(25-2)8-14(12)26-3/h4-6,8,10H,1,7,9,11H2,2-3H3,(H,20,23,24). The summed E-state index contributed by atoms with van der Waals surface area (Å²) in [4.78, 5) is 31.0. The molecule has 0 aliphatic heterocycles. The molecule has 0 aliphatic rings. The normalized spacial score (nSPS) is 10.9. The van der Waals surface area contributed by atoms with E-state index in [4.69, 9.17) is 14.2 Å². The molecule has 0 amide bonds. The average molecular weight is 372 g/mol. The summed E-state index contributed by atoms with van der Waals surface area (Å²) < 4.78 is 18.8. The van der Waals surface area contributed by atoms with Crippen molar-refractivity contribution in [2.75, 3.05) is 20.8 Å². The van der Waals surface area contributed by atoms with E-state index in [0.717, 1.165) is 5.56 Å². The summed E-state index contributed by atoms with van der Waals surface area (Å²) in [7, 11) is 3.14. The lowest BCUT2D eigenvalue weighted by Gasteiger charge is -2.11. The molecule has 27 heavy (non-hydrogen) atoms. The molecule has 0 saturated carbocycles. The summed E-state index contributed by atoms with van der Waals surface area (Å²) in [6, 6.07) is 5.42. The minimum Gasteiger partial charge on any atom is -0.497 e. The molecule has 0 aliphatic carbocycles. The zero-order valence-electron chi connectivity index (χ0n) is 15.1. The molecule has 0 unspecified atom stereocenters. The third kappa shape index (κ3) is 3.63. The predicted octanol–water partition coefficient (Wildman–Crippen LogP) is 1.11. The first-order valence-corrected chi connectivity index (χ1v) is 8.16. The smallest absolute Gasteiger partial charge is 0.332 e. The number of nitrogens with one attached hydrogen (secondary N) is 1. The van der Waals surface area contributed by atoms with Gasteiger partial charge in [-0.25, -0.2) is 9.78 Å². The highest BCUT2D eigenvalue weighted by Gasteiger charge is 2.15. The highest BCUT2D eigenvalue weighted by Crippen LogP contribution is 2.25. The number of methoxy groups -OCH3 is 2. The van der Waals surface area contributed by atoms with Crippen LogP contribution in [0.4, 0.5) is 0 Å². The molecule has 1 aromatic carbocycles. The number of aromatic amines is 1. The zero-order valence-corrected chi connectivity index (χ0v) is 15.1. The topological polar surface area (TPSA) is 100 Å². The Morgan fingerprint density at radius 2 is 2.07 bits per heavy atom. The lowest BCUT2D eigenvalue weighted by molar-refractivity contribution is 0.0996. The number of hydrogen-bond donors (Lipinski definition) is 1. The van der Waals surface area contributed by atoms with Crippen molar-refractivity contribution < 1.29 is 14.2 Å². The zero-order chi connectivity index (χ0) is 19.4. The van der Waals surface area contributed by atoms with Gasteiger partial charge in [-0.1, -0.05) is 6.08 Å². The fourth-order valence-corrected chi connectivity index (χ4v) is 2.75. The molecule has 0 spiro atoms.